The Kier molecular flexibility index (Phi) is 2.80. The minimum atomic E-state index is -1.33. The Morgan fingerprint density at radius 1 is 1.17 bits per heavy atom. The topological polar surface area (TPSA) is 107 Å². The quantitative estimate of drug-likeness (QED) is 0.765. The maximum absolute atomic E-state index is 11.8. The van der Waals surface area contributed by atoms with Crippen LogP contribution in [0.1, 0.15) is 20.8 Å². The predicted octanol–water partition coefficient (Wildman–Crippen LogP) is 1.58. The van der Waals surface area contributed by atoms with Gasteiger partial charge in [0, 0.05) is 6.07 Å². The number of pyridine rings is 1. The number of benzene rings is 1. The van der Waals surface area contributed by atoms with E-state index in [1.165, 1.54) is 12.1 Å². The highest BCUT2D eigenvalue weighted by Gasteiger charge is 2.16. The predicted molar refractivity (Wildman–Crippen MR) is 63.5 cm³/mol. The fourth-order valence-electron chi connectivity index (χ4n) is 1.62. The van der Waals surface area contributed by atoms with E-state index in [0.29, 0.717) is 0 Å². The van der Waals surface area contributed by atoms with Crippen LogP contribution in [0, 0.1) is 0 Å². The zero-order valence-corrected chi connectivity index (χ0v) is 9.49. The molecule has 2 aromatic rings. The molecule has 0 aliphatic rings. The maximum atomic E-state index is 11.8. The lowest BCUT2D eigenvalue weighted by Crippen LogP contribution is -2.13. The second kappa shape index (κ2) is 4.15. The summed E-state index contributed by atoms with van der Waals surface area (Å²) in [6, 6.07) is 3.31. The lowest BCUT2D eigenvalue weighted by molar-refractivity contribution is 0.0684. The second-order valence-corrected chi connectivity index (χ2v) is 3.91. The van der Waals surface area contributed by atoms with Gasteiger partial charge in [0.2, 0.25) is 0 Å². The molecule has 1 heterocycles. The highest BCUT2D eigenvalue weighted by atomic mass is 35.5. The molecule has 0 amide bonds. The summed E-state index contributed by atoms with van der Waals surface area (Å²) in [7, 11) is 0. The van der Waals surface area contributed by atoms with Crippen LogP contribution in [0.3, 0.4) is 0 Å². The van der Waals surface area contributed by atoms with Crippen molar-refractivity contribution >= 4 is 34.4 Å². The molecular weight excluding hydrogens is 262 g/mol. The van der Waals surface area contributed by atoms with Gasteiger partial charge < -0.3 is 15.2 Å². The van der Waals surface area contributed by atoms with Crippen molar-refractivity contribution < 1.29 is 19.8 Å². The molecule has 0 fully saturated rings. The van der Waals surface area contributed by atoms with Crippen molar-refractivity contribution in [3.63, 3.8) is 0 Å². The van der Waals surface area contributed by atoms with Gasteiger partial charge in [0.1, 0.15) is 5.69 Å². The standard InChI is InChI=1S/C11H6ClNO5/c12-5-2-1-4(10(15)16)8-7(14)3-6(11(17)18)13-9(5)8/h1-3H,(H,13,14)(H,15,16)(H,17,18). The highest BCUT2D eigenvalue weighted by molar-refractivity contribution is 6.35. The molecule has 7 heteroatoms. The van der Waals surface area contributed by atoms with Crippen LogP contribution in [0.15, 0.2) is 23.0 Å². The van der Waals surface area contributed by atoms with Gasteiger partial charge in [-0.05, 0) is 12.1 Å². The number of hydrogen-bond acceptors (Lipinski definition) is 3. The maximum Gasteiger partial charge on any atom is 0.352 e. The molecule has 0 bridgehead atoms. The van der Waals surface area contributed by atoms with Crippen LogP contribution >= 0.6 is 11.6 Å². The van der Waals surface area contributed by atoms with Crippen molar-refractivity contribution in [2.45, 2.75) is 0 Å². The number of carbonyl (C=O) groups is 2. The van der Waals surface area contributed by atoms with Crippen LogP contribution in [0.5, 0.6) is 0 Å². The van der Waals surface area contributed by atoms with E-state index >= 15 is 0 Å². The molecule has 0 atom stereocenters. The molecule has 3 N–H and O–H groups in total. The summed E-state index contributed by atoms with van der Waals surface area (Å²) in [6.07, 6.45) is 0. The summed E-state index contributed by atoms with van der Waals surface area (Å²) in [5, 5.41) is 17.7. The summed E-state index contributed by atoms with van der Waals surface area (Å²) >= 11 is 5.83. The summed E-state index contributed by atoms with van der Waals surface area (Å²) in [6.45, 7) is 0. The lowest BCUT2D eigenvalue weighted by Gasteiger charge is -2.05. The van der Waals surface area contributed by atoms with Crippen LogP contribution in [-0.2, 0) is 0 Å². The SMILES string of the molecule is O=C(O)c1cc(=O)c2c(C(=O)O)ccc(Cl)c2[nH]1. The third-order valence-electron chi connectivity index (χ3n) is 2.40. The number of carboxylic acid groups (broad SMARTS) is 2. The van der Waals surface area contributed by atoms with Gasteiger partial charge in [-0.3, -0.25) is 4.79 Å². The Balaban J connectivity index is 2.99. The van der Waals surface area contributed by atoms with Crippen LogP contribution < -0.4 is 5.43 Å². The van der Waals surface area contributed by atoms with Crippen LogP contribution in [-0.4, -0.2) is 27.1 Å². The molecule has 1 aromatic carbocycles. The number of aromatic carboxylic acids is 2. The second-order valence-electron chi connectivity index (χ2n) is 3.50. The van der Waals surface area contributed by atoms with E-state index in [4.69, 9.17) is 21.8 Å². The zero-order valence-electron chi connectivity index (χ0n) is 8.73. The summed E-state index contributed by atoms with van der Waals surface area (Å²) in [5.74, 6) is -2.61. The van der Waals surface area contributed by atoms with Crippen LogP contribution in [0.4, 0.5) is 0 Å². The first-order valence-electron chi connectivity index (χ1n) is 4.74. The van der Waals surface area contributed by atoms with Gasteiger partial charge in [-0.15, -0.1) is 0 Å². The van der Waals surface area contributed by atoms with Crippen molar-refractivity contribution in [1.82, 2.24) is 4.98 Å². The van der Waals surface area contributed by atoms with E-state index in [-0.39, 0.29) is 27.2 Å². The number of fused-ring (bicyclic) bond motifs is 1. The monoisotopic (exact) mass is 267 g/mol. The minimum Gasteiger partial charge on any atom is -0.478 e. The Hall–Kier alpha value is -2.34. The molecule has 0 spiro atoms. The first-order valence-corrected chi connectivity index (χ1v) is 5.11. The number of rotatable bonds is 2. The van der Waals surface area contributed by atoms with Crippen LogP contribution in [0.25, 0.3) is 10.9 Å². The number of carboxylic acids is 2. The van der Waals surface area contributed by atoms with Gasteiger partial charge in [-0.25, -0.2) is 9.59 Å². The van der Waals surface area contributed by atoms with Gasteiger partial charge in [-0.2, -0.15) is 0 Å². The number of aromatic amines is 1. The fraction of sp³-hybridized carbons (Fsp3) is 0. The van der Waals surface area contributed by atoms with E-state index in [9.17, 15) is 14.4 Å². The minimum absolute atomic E-state index is 0.00136. The average molecular weight is 268 g/mol. The first-order chi connectivity index (χ1) is 8.41. The molecule has 2 rings (SSSR count). The summed E-state index contributed by atoms with van der Waals surface area (Å²) in [4.78, 5) is 36.0. The van der Waals surface area contributed by atoms with Crippen molar-refractivity contribution in [3.8, 4) is 0 Å². The van der Waals surface area contributed by atoms with Crippen molar-refractivity contribution in [3.05, 3.63) is 44.7 Å². The Morgan fingerprint density at radius 3 is 2.39 bits per heavy atom. The number of halogens is 1. The van der Waals surface area contributed by atoms with Gasteiger partial charge >= 0.3 is 11.9 Å². The lowest BCUT2D eigenvalue weighted by atomic mass is 10.1. The Bertz CT molecular complexity index is 734. The van der Waals surface area contributed by atoms with E-state index in [0.717, 1.165) is 6.07 Å². The van der Waals surface area contributed by atoms with Crippen LogP contribution in [0.2, 0.25) is 5.02 Å². The summed E-state index contributed by atoms with van der Waals surface area (Å²) < 4.78 is 0. The van der Waals surface area contributed by atoms with Crippen molar-refractivity contribution in [2.75, 3.05) is 0 Å². The highest BCUT2D eigenvalue weighted by Crippen LogP contribution is 2.22. The zero-order chi connectivity index (χ0) is 13.4. The molecule has 92 valence electrons. The number of nitrogens with one attached hydrogen (secondary N) is 1. The van der Waals surface area contributed by atoms with Gasteiger partial charge in [-0.1, -0.05) is 11.6 Å². The molecule has 0 saturated carbocycles. The van der Waals surface area contributed by atoms with E-state index in [1.807, 2.05) is 0 Å². The third kappa shape index (κ3) is 1.82. The van der Waals surface area contributed by atoms with E-state index < -0.39 is 17.4 Å². The third-order valence-corrected chi connectivity index (χ3v) is 2.71. The molecule has 0 unspecified atom stereocenters. The number of hydrogen-bond donors (Lipinski definition) is 3. The van der Waals surface area contributed by atoms with Gasteiger partial charge in [0.05, 0.1) is 21.5 Å². The molecule has 18 heavy (non-hydrogen) atoms. The molecule has 6 nitrogen and oxygen atoms in total. The molecule has 1 aromatic heterocycles. The van der Waals surface area contributed by atoms with Crippen molar-refractivity contribution in [1.29, 1.82) is 0 Å². The fourth-order valence-corrected chi connectivity index (χ4v) is 1.83. The van der Waals surface area contributed by atoms with Gasteiger partial charge in [0.25, 0.3) is 0 Å². The first kappa shape index (κ1) is 12.1. The molecule has 0 aliphatic heterocycles. The molecule has 0 saturated heterocycles. The number of H-pyrrole nitrogens is 1. The number of aromatic nitrogens is 1. The van der Waals surface area contributed by atoms with E-state index in [2.05, 4.69) is 4.98 Å². The Labute approximate surface area is 104 Å². The average Bonchev–Trinajstić information content (AvgIpc) is 2.29. The molecular formula is C11H6ClNO5. The summed E-state index contributed by atoms with van der Waals surface area (Å²) in [5.41, 5.74) is -1.29. The van der Waals surface area contributed by atoms with E-state index in [1.54, 1.807) is 0 Å². The molecule has 0 radical (unpaired) electrons. The Morgan fingerprint density at radius 2 is 1.83 bits per heavy atom. The normalized spacial score (nSPS) is 10.5. The molecule has 0 aliphatic carbocycles. The smallest absolute Gasteiger partial charge is 0.352 e. The van der Waals surface area contributed by atoms with Crippen molar-refractivity contribution in [2.24, 2.45) is 0 Å². The van der Waals surface area contributed by atoms with Gasteiger partial charge in [0.15, 0.2) is 5.43 Å². The largest absolute Gasteiger partial charge is 0.478 e.